The lowest BCUT2D eigenvalue weighted by Gasteiger charge is -2.07. The summed E-state index contributed by atoms with van der Waals surface area (Å²) in [6.07, 6.45) is 1.49. The smallest absolute Gasteiger partial charge is 0.190 e. The van der Waals surface area contributed by atoms with Crippen LogP contribution in [0.4, 0.5) is 0 Å². The number of aliphatic hydroxyl groups excluding tert-OH is 1. The first-order valence-electron chi connectivity index (χ1n) is 4.62. The van der Waals surface area contributed by atoms with E-state index in [1.54, 1.807) is 10.7 Å². The van der Waals surface area contributed by atoms with Crippen LogP contribution in [0.3, 0.4) is 0 Å². The Morgan fingerprint density at radius 2 is 2.31 bits per heavy atom. The van der Waals surface area contributed by atoms with E-state index >= 15 is 0 Å². The van der Waals surface area contributed by atoms with Crippen LogP contribution >= 0.6 is 23.4 Å². The van der Waals surface area contributed by atoms with Crippen molar-refractivity contribution in [3.63, 3.8) is 0 Å². The average Bonchev–Trinajstić information content (AvgIpc) is 2.65. The van der Waals surface area contributed by atoms with E-state index in [-0.39, 0.29) is 6.61 Å². The number of aromatic nitrogens is 3. The third kappa shape index (κ3) is 2.21. The lowest BCUT2D eigenvalue weighted by molar-refractivity contribution is 0.279. The standard InChI is InChI=1S/C10H10ClN3OS/c1-14-10(12-6-13-14)16-9-4-2-3-8(11)7(9)5-15/h2-4,6,15H,5H2,1H3. The molecule has 0 atom stereocenters. The number of benzene rings is 1. The molecular weight excluding hydrogens is 246 g/mol. The van der Waals surface area contributed by atoms with Gasteiger partial charge in [0.25, 0.3) is 0 Å². The van der Waals surface area contributed by atoms with Crippen molar-refractivity contribution in [3.8, 4) is 0 Å². The molecule has 0 radical (unpaired) electrons. The van der Waals surface area contributed by atoms with Gasteiger partial charge in [-0.25, -0.2) is 9.67 Å². The van der Waals surface area contributed by atoms with E-state index in [0.717, 1.165) is 15.6 Å². The van der Waals surface area contributed by atoms with Gasteiger partial charge in [-0.3, -0.25) is 0 Å². The van der Waals surface area contributed by atoms with Gasteiger partial charge in [-0.15, -0.1) is 0 Å². The Hall–Kier alpha value is -1.04. The highest BCUT2D eigenvalue weighted by Gasteiger charge is 2.10. The van der Waals surface area contributed by atoms with E-state index < -0.39 is 0 Å². The molecule has 0 aliphatic carbocycles. The molecule has 2 aromatic rings. The third-order valence-corrected chi connectivity index (χ3v) is 3.61. The molecule has 6 heteroatoms. The first-order chi connectivity index (χ1) is 7.72. The summed E-state index contributed by atoms with van der Waals surface area (Å²) in [5, 5.41) is 14.6. The molecular formula is C10H10ClN3OS. The first kappa shape index (κ1) is 11.4. The summed E-state index contributed by atoms with van der Waals surface area (Å²) in [6.45, 7) is -0.0835. The van der Waals surface area contributed by atoms with Crippen LogP contribution in [0.5, 0.6) is 0 Å². The van der Waals surface area contributed by atoms with E-state index in [0.29, 0.717) is 5.02 Å². The zero-order chi connectivity index (χ0) is 11.5. The number of aliphatic hydroxyl groups is 1. The summed E-state index contributed by atoms with van der Waals surface area (Å²) in [7, 11) is 1.82. The molecule has 4 nitrogen and oxygen atoms in total. The summed E-state index contributed by atoms with van der Waals surface area (Å²) in [6, 6.07) is 5.50. The summed E-state index contributed by atoms with van der Waals surface area (Å²) in [4.78, 5) is 5.00. The van der Waals surface area contributed by atoms with E-state index in [2.05, 4.69) is 10.1 Å². The fraction of sp³-hybridized carbons (Fsp3) is 0.200. The van der Waals surface area contributed by atoms with Crippen molar-refractivity contribution in [1.29, 1.82) is 0 Å². The van der Waals surface area contributed by atoms with Gasteiger partial charge in [0, 0.05) is 22.5 Å². The van der Waals surface area contributed by atoms with Gasteiger partial charge in [-0.2, -0.15) is 5.10 Å². The van der Waals surface area contributed by atoms with Gasteiger partial charge >= 0.3 is 0 Å². The maximum atomic E-state index is 9.26. The van der Waals surface area contributed by atoms with Crippen molar-refractivity contribution < 1.29 is 5.11 Å². The van der Waals surface area contributed by atoms with Crippen LogP contribution in [0, 0.1) is 0 Å². The second-order valence-electron chi connectivity index (χ2n) is 3.14. The van der Waals surface area contributed by atoms with E-state index in [9.17, 15) is 5.11 Å². The van der Waals surface area contributed by atoms with Gasteiger partial charge in [0.1, 0.15) is 6.33 Å². The lowest BCUT2D eigenvalue weighted by atomic mass is 10.2. The van der Waals surface area contributed by atoms with Gasteiger partial charge in [0.15, 0.2) is 5.16 Å². The van der Waals surface area contributed by atoms with Crippen LogP contribution in [0.15, 0.2) is 34.6 Å². The van der Waals surface area contributed by atoms with Gasteiger partial charge in [0.2, 0.25) is 0 Å². The van der Waals surface area contributed by atoms with Crippen LogP contribution in [-0.2, 0) is 13.7 Å². The third-order valence-electron chi connectivity index (χ3n) is 2.11. The summed E-state index contributed by atoms with van der Waals surface area (Å²) < 4.78 is 1.67. The molecule has 1 aromatic heterocycles. The van der Waals surface area contributed by atoms with E-state index in [1.807, 2.05) is 19.2 Å². The van der Waals surface area contributed by atoms with Crippen molar-refractivity contribution in [3.05, 3.63) is 35.1 Å². The lowest BCUT2D eigenvalue weighted by Crippen LogP contribution is -1.94. The highest BCUT2D eigenvalue weighted by Crippen LogP contribution is 2.32. The highest BCUT2D eigenvalue weighted by molar-refractivity contribution is 7.99. The monoisotopic (exact) mass is 255 g/mol. The molecule has 0 bridgehead atoms. The Labute approximate surface area is 102 Å². The summed E-state index contributed by atoms with van der Waals surface area (Å²) >= 11 is 7.42. The molecule has 0 unspecified atom stereocenters. The number of aryl methyl sites for hydroxylation is 1. The molecule has 1 N–H and O–H groups in total. The fourth-order valence-corrected chi connectivity index (χ4v) is 2.47. The van der Waals surface area contributed by atoms with Crippen LogP contribution in [0.2, 0.25) is 5.02 Å². The van der Waals surface area contributed by atoms with Crippen molar-refractivity contribution in [1.82, 2.24) is 14.8 Å². The number of hydrogen-bond acceptors (Lipinski definition) is 4. The average molecular weight is 256 g/mol. The SMILES string of the molecule is Cn1ncnc1Sc1cccc(Cl)c1CO. The molecule has 0 aliphatic rings. The number of halogens is 1. The zero-order valence-electron chi connectivity index (χ0n) is 8.59. The minimum Gasteiger partial charge on any atom is -0.392 e. The predicted octanol–water partition coefficient (Wildman–Crippen LogP) is 2.11. The fourth-order valence-electron chi connectivity index (χ4n) is 1.26. The van der Waals surface area contributed by atoms with E-state index in [4.69, 9.17) is 11.6 Å². The maximum absolute atomic E-state index is 9.26. The Balaban J connectivity index is 2.35. The van der Waals surface area contributed by atoms with Crippen LogP contribution in [-0.4, -0.2) is 19.9 Å². The quantitative estimate of drug-likeness (QED) is 0.913. The molecule has 0 saturated heterocycles. The van der Waals surface area contributed by atoms with Gasteiger partial charge in [0.05, 0.1) is 6.61 Å². The number of hydrogen-bond donors (Lipinski definition) is 1. The topological polar surface area (TPSA) is 50.9 Å². The minimum atomic E-state index is -0.0835. The molecule has 1 heterocycles. The van der Waals surface area contributed by atoms with Crippen LogP contribution < -0.4 is 0 Å². The van der Waals surface area contributed by atoms with Crippen LogP contribution in [0.1, 0.15) is 5.56 Å². The second kappa shape index (κ2) is 4.86. The minimum absolute atomic E-state index is 0.0835. The van der Waals surface area contributed by atoms with E-state index in [1.165, 1.54) is 18.1 Å². The van der Waals surface area contributed by atoms with Crippen molar-refractivity contribution >= 4 is 23.4 Å². The summed E-state index contributed by atoms with van der Waals surface area (Å²) in [5.41, 5.74) is 0.720. The molecule has 1 aromatic carbocycles. The molecule has 0 fully saturated rings. The first-order valence-corrected chi connectivity index (χ1v) is 5.82. The molecule has 16 heavy (non-hydrogen) atoms. The molecule has 0 amide bonds. The van der Waals surface area contributed by atoms with Crippen molar-refractivity contribution in [2.75, 3.05) is 0 Å². The largest absolute Gasteiger partial charge is 0.392 e. The molecule has 0 aliphatic heterocycles. The molecule has 84 valence electrons. The van der Waals surface area contributed by atoms with Crippen molar-refractivity contribution in [2.24, 2.45) is 7.05 Å². The number of nitrogens with zero attached hydrogens (tertiary/aromatic N) is 3. The van der Waals surface area contributed by atoms with Gasteiger partial charge in [-0.1, -0.05) is 17.7 Å². The Kier molecular flexibility index (Phi) is 3.48. The highest BCUT2D eigenvalue weighted by atomic mass is 35.5. The Morgan fingerprint density at radius 3 is 2.94 bits per heavy atom. The Morgan fingerprint density at radius 1 is 1.50 bits per heavy atom. The summed E-state index contributed by atoms with van der Waals surface area (Å²) in [5.74, 6) is 0. The van der Waals surface area contributed by atoms with Gasteiger partial charge < -0.3 is 5.11 Å². The number of rotatable bonds is 3. The molecule has 0 spiro atoms. The normalized spacial score (nSPS) is 10.7. The molecule has 0 saturated carbocycles. The zero-order valence-corrected chi connectivity index (χ0v) is 10.2. The van der Waals surface area contributed by atoms with Gasteiger partial charge in [-0.05, 0) is 23.9 Å². The van der Waals surface area contributed by atoms with Crippen LogP contribution in [0.25, 0.3) is 0 Å². The predicted molar refractivity (Wildman–Crippen MR) is 62.5 cm³/mol. The maximum Gasteiger partial charge on any atom is 0.190 e. The second-order valence-corrected chi connectivity index (χ2v) is 4.56. The molecule has 2 rings (SSSR count). The van der Waals surface area contributed by atoms with Crippen molar-refractivity contribution in [2.45, 2.75) is 16.7 Å². The Bertz CT molecular complexity index is 501.